The van der Waals surface area contributed by atoms with Crippen LogP contribution in [0.15, 0.2) is 59.2 Å². The Bertz CT molecular complexity index is 974. The molecule has 1 aliphatic rings. The van der Waals surface area contributed by atoms with Crippen molar-refractivity contribution in [1.82, 2.24) is 5.32 Å². The van der Waals surface area contributed by atoms with Crippen molar-refractivity contribution in [3.63, 3.8) is 0 Å². The van der Waals surface area contributed by atoms with Crippen LogP contribution in [0.2, 0.25) is 0 Å². The maximum absolute atomic E-state index is 13.3. The summed E-state index contributed by atoms with van der Waals surface area (Å²) in [5.74, 6) is -0.647. The van der Waals surface area contributed by atoms with Gasteiger partial charge >= 0.3 is 0 Å². The van der Waals surface area contributed by atoms with Gasteiger partial charge in [0, 0.05) is 0 Å². The number of furan rings is 1. The molecule has 0 bridgehead atoms. The van der Waals surface area contributed by atoms with Crippen LogP contribution in [-0.4, -0.2) is 11.8 Å². The van der Waals surface area contributed by atoms with Gasteiger partial charge in [-0.1, -0.05) is 25.0 Å². The summed E-state index contributed by atoms with van der Waals surface area (Å²) in [6.07, 6.45) is 5.08. The Hall–Kier alpha value is -2.93. The van der Waals surface area contributed by atoms with Crippen LogP contribution in [0.1, 0.15) is 51.5 Å². The summed E-state index contributed by atoms with van der Waals surface area (Å²) in [4.78, 5) is 25.4. The predicted molar refractivity (Wildman–Crippen MR) is 105 cm³/mol. The first-order valence-electron chi connectivity index (χ1n) is 9.09. The second-order valence-electron chi connectivity index (χ2n) is 6.85. The molecule has 0 radical (unpaired) electrons. The number of amides is 2. The fourth-order valence-electron chi connectivity index (χ4n) is 3.62. The summed E-state index contributed by atoms with van der Waals surface area (Å²) in [6, 6.07) is 12.9. The minimum atomic E-state index is -0.480. The minimum Gasteiger partial charge on any atom is -0.459 e. The van der Waals surface area contributed by atoms with Crippen molar-refractivity contribution in [2.24, 2.45) is 0 Å². The molecule has 4 rings (SSSR count). The molecule has 1 saturated carbocycles. The minimum absolute atomic E-state index is 0.199. The largest absolute Gasteiger partial charge is 0.459 e. The van der Waals surface area contributed by atoms with Gasteiger partial charge in [-0.3, -0.25) is 9.59 Å². The lowest BCUT2D eigenvalue weighted by Gasteiger charge is -2.31. The van der Waals surface area contributed by atoms with E-state index in [0.29, 0.717) is 9.88 Å². The number of thiophene rings is 1. The van der Waals surface area contributed by atoms with Crippen LogP contribution in [0.3, 0.4) is 0 Å². The number of rotatable bonds is 5. The van der Waals surface area contributed by atoms with Crippen molar-refractivity contribution < 1.29 is 18.4 Å². The molecule has 7 heteroatoms. The third-order valence-corrected chi connectivity index (χ3v) is 6.02. The van der Waals surface area contributed by atoms with E-state index >= 15 is 0 Å². The van der Waals surface area contributed by atoms with E-state index in [2.05, 4.69) is 10.6 Å². The fraction of sp³-hybridized carbons (Fsp3) is 0.238. The van der Waals surface area contributed by atoms with Gasteiger partial charge in [0.05, 0.1) is 21.7 Å². The smallest absolute Gasteiger partial charge is 0.291 e. The zero-order valence-electron chi connectivity index (χ0n) is 15.0. The lowest BCUT2D eigenvalue weighted by molar-refractivity contribution is 0.0901. The number of anilines is 1. The molecule has 144 valence electrons. The lowest BCUT2D eigenvalue weighted by atomic mass is 9.88. The highest BCUT2D eigenvalue weighted by atomic mass is 32.1. The molecule has 3 aromatic rings. The van der Waals surface area contributed by atoms with E-state index in [-0.39, 0.29) is 23.4 Å². The van der Waals surface area contributed by atoms with Gasteiger partial charge in [-0.15, -0.1) is 11.3 Å². The zero-order valence-corrected chi connectivity index (χ0v) is 15.9. The maximum Gasteiger partial charge on any atom is 0.291 e. The van der Waals surface area contributed by atoms with Crippen LogP contribution in [0.5, 0.6) is 0 Å². The molecule has 2 heterocycles. The SMILES string of the molecule is O=C(Nc1ccc(C(=O)NC2(c3ccc(F)cc3)CCCC2)s1)c1ccco1. The van der Waals surface area contributed by atoms with Gasteiger partial charge in [-0.25, -0.2) is 4.39 Å². The van der Waals surface area contributed by atoms with Gasteiger partial charge in [0.2, 0.25) is 0 Å². The van der Waals surface area contributed by atoms with Crippen molar-refractivity contribution in [3.05, 3.63) is 76.8 Å². The Kier molecular flexibility index (Phi) is 5.00. The van der Waals surface area contributed by atoms with Gasteiger partial charge in [-0.2, -0.15) is 0 Å². The van der Waals surface area contributed by atoms with Crippen LogP contribution in [0.4, 0.5) is 9.39 Å². The van der Waals surface area contributed by atoms with Crippen molar-refractivity contribution in [1.29, 1.82) is 0 Å². The molecule has 28 heavy (non-hydrogen) atoms. The van der Waals surface area contributed by atoms with Crippen LogP contribution >= 0.6 is 11.3 Å². The Morgan fingerprint density at radius 3 is 2.43 bits per heavy atom. The van der Waals surface area contributed by atoms with E-state index in [0.717, 1.165) is 31.2 Å². The van der Waals surface area contributed by atoms with Crippen LogP contribution in [-0.2, 0) is 5.54 Å². The van der Waals surface area contributed by atoms with Gasteiger partial charge in [0.25, 0.3) is 11.8 Å². The highest BCUT2D eigenvalue weighted by Crippen LogP contribution is 2.39. The number of halogens is 1. The highest BCUT2D eigenvalue weighted by molar-refractivity contribution is 7.18. The molecule has 2 aromatic heterocycles. The molecule has 2 N–H and O–H groups in total. The molecular weight excluding hydrogens is 379 g/mol. The maximum atomic E-state index is 13.3. The molecule has 0 unspecified atom stereocenters. The predicted octanol–water partition coefficient (Wildman–Crippen LogP) is 4.93. The molecular formula is C21H19FN2O3S. The Morgan fingerprint density at radius 1 is 1.00 bits per heavy atom. The quantitative estimate of drug-likeness (QED) is 0.640. The van der Waals surface area contributed by atoms with E-state index in [1.54, 1.807) is 36.4 Å². The van der Waals surface area contributed by atoms with Crippen LogP contribution in [0, 0.1) is 5.82 Å². The van der Waals surface area contributed by atoms with E-state index in [1.807, 2.05) is 0 Å². The number of carbonyl (C=O) groups is 2. The molecule has 0 aliphatic heterocycles. The number of carbonyl (C=O) groups excluding carboxylic acids is 2. The monoisotopic (exact) mass is 398 g/mol. The Labute approximate surface area is 165 Å². The van der Waals surface area contributed by atoms with Crippen LogP contribution < -0.4 is 10.6 Å². The summed E-state index contributed by atoms with van der Waals surface area (Å²) in [5, 5.41) is 6.44. The highest BCUT2D eigenvalue weighted by Gasteiger charge is 2.37. The summed E-state index contributed by atoms with van der Waals surface area (Å²) < 4.78 is 18.4. The molecule has 1 fully saturated rings. The Morgan fingerprint density at radius 2 is 1.75 bits per heavy atom. The first-order chi connectivity index (χ1) is 13.6. The number of benzene rings is 1. The topological polar surface area (TPSA) is 71.3 Å². The molecule has 5 nitrogen and oxygen atoms in total. The molecule has 0 saturated heterocycles. The molecule has 0 atom stereocenters. The van der Waals surface area contributed by atoms with E-state index in [9.17, 15) is 14.0 Å². The average molecular weight is 398 g/mol. The van der Waals surface area contributed by atoms with Crippen LogP contribution in [0.25, 0.3) is 0 Å². The van der Waals surface area contributed by atoms with Crippen molar-refractivity contribution >= 4 is 28.2 Å². The number of hydrogen-bond donors (Lipinski definition) is 2. The zero-order chi connectivity index (χ0) is 19.6. The van der Waals surface area contributed by atoms with E-state index in [4.69, 9.17) is 4.42 Å². The third kappa shape index (κ3) is 3.71. The normalized spacial score (nSPS) is 15.3. The van der Waals surface area contributed by atoms with Crippen molar-refractivity contribution in [3.8, 4) is 0 Å². The van der Waals surface area contributed by atoms with Crippen molar-refractivity contribution in [2.45, 2.75) is 31.2 Å². The molecule has 0 spiro atoms. The molecule has 2 amide bonds. The van der Waals surface area contributed by atoms with Gasteiger partial charge < -0.3 is 15.1 Å². The van der Waals surface area contributed by atoms with E-state index < -0.39 is 5.54 Å². The first-order valence-corrected chi connectivity index (χ1v) is 9.91. The molecule has 1 aromatic carbocycles. The first kappa shape index (κ1) is 18.4. The third-order valence-electron chi connectivity index (χ3n) is 5.02. The summed E-state index contributed by atoms with van der Waals surface area (Å²) in [7, 11) is 0. The van der Waals surface area contributed by atoms with Crippen molar-refractivity contribution in [2.75, 3.05) is 5.32 Å². The lowest BCUT2D eigenvalue weighted by Crippen LogP contribution is -2.43. The number of hydrogen-bond acceptors (Lipinski definition) is 4. The Balaban J connectivity index is 1.49. The fourth-order valence-corrected chi connectivity index (χ4v) is 4.42. The van der Waals surface area contributed by atoms with Gasteiger partial charge in [-0.05, 0) is 54.8 Å². The standard InChI is InChI=1S/C21H19FN2O3S/c22-15-7-5-14(6-8-15)21(11-1-2-12-21)24-20(26)17-9-10-18(28-17)23-19(25)16-4-3-13-27-16/h3-10,13H,1-2,11-12H2,(H,23,25)(H,24,26). The summed E-state index contributed by atoms with van der Waals surface area (Å²) in [5.41, 5.74) is 0.439. The second-order valence-corrected chi connectivity index (χ2v) is 7.93. The summed E-state index contributed by atoms with van der Waals surface area (Å²) in [6.45, 7) is 0. The number of nitrogens with one attached hydrogen (secondary N) is 2. The van der Waals surface area contributed by atoms with Gasteiger partial charge in [0.1, 0.15) is 5.82 Å². The van der Waals surface area contributed by atoms with E-state index in [1.165, 1.54) is 29.7 Å². The average Bonchev–Trinajstić information content (AvgIpc) is 3.44. The second kappa shape index (κ2) is 7.59. The van der Waals surface area contributed by atoms with Gasteiger partial charge in [0.15, 0.2) is 5.76 Å². The molecule has 1 aliphatic carbocycles. The summed E-state index contributed by atoms with van der Waals surface area (Å²) >= 11 is 1.20.